The highest BCUT2D eigenvalue weighted by Crippen LogP contribution is 2.46. The zero-order valence-electron chi connectivity index (χ0n) is 20.6. The highest BCUT2D eigenvalue weighted by atomic mass is 16.4. The molecule has 5 heteroatoms. The predicted octanol–water partition coefficient (Wildman–Crippen LogP) is 5.66. The highest BCUT2D eigenvalue weighted by Gasteiger charge is 2.56. The number of nitrogens with zero attached hydrogens (tertiary/aromatic N) is 1. The molecule has 5 nitrogen and oxygen atoms in total. The molecule has 1 aliphatic heterocycles. The first kappa shape index (κ1) is 25.5. The van der Waals surface area contributed by atoms with Gasteiger partial charge in [-0.05, 0) is 55.9 Å². The molecule has 1 amide bonds. The molecule has 1 saturated carbocycles. The number of likely N-dealkylation sites (tertiary alicyclic amines) is 1. The van der Waals surface area contributed by atoms with E-state index in [1.165, 1.54) is 16.9 Å². The third kappa shape index (κ3) is 5.33. The van der Waals surface area contributed by atoms with Gasteiger partial charge >= 0.3 is 5.97 Å². The van der Waals surface area contributed by atoms with Crippen LogP contribution in [0.1, 0.15) is 90.5 Å². The summed E-state index contributed by atoms with van der Waals surface area (Å²) < 4.78 is 0. The van der Waals surface area contributed by atoms with Crippen LogP contribution in [-0.2, 0) is 20.8 Å². The molecule has 1 aromatic rings. The second-order valence-corrected chi connectivity index (χ2v) is 10.7. The van der Waals surface area contributed by atoms with Crippen molar-refractivity contribution in [1.29, 1.82) is 0 Å². The molecular weight excluding hydrogens is 414 g/mol. The number of aryl methyl sites for hydroxylation is 1. The summed E-state index contributed by atoms with van der Waals surface area (Å²) >= 11 is 0. The second kappa shape index (κ2) is 10.8. The van der Waals surface area contributed by atoms with Crippen molar-refractivity contribution in [2.45, 2.75) is 96.9 Å². The molecule has 1 saturated heterocycles. The van der Waals surface area contributed by atoms with Crippen LogP contribution in [0.15, 0.2) is 30.3 Å². The van der Waals surface area contributed by atoms with Gasteiger partial charge in [-0.3, -0.25) is 9.59 Å². The molecule has 0 unspecified atom stereocenters. The maximum absolute atomic E-state index is 13.6. The largest absolute Gasteiger partial charge is 0.479 e. The van der Waals surface area contributed by atoms with Crippen LogP contribution in [0.2, 0.25) is 0 Å². The maximum Gasteiger partial charge on any atom is 0.329 e. The lowest BCUT2D eigenvalue weighted by atomic mass is 9.64. The Labute approximate surface area is 198 Å². The summed E-state index contributed by atoms with van der Waals surface area (Å²) in [6.45, 7) is 5.82. The number of carboxylic acid groups (broad SMARTS) is 1. The Balaban J connectivity index is 2.01. The van der Waals surface area contributed by atoms with Crippen LogP contribution in [0.4, 0.5) is 0 Å². The quantitative estimate of drug-likeness (QED) is 0.488. The summed E-state index contributed by atoms with van der Waals surface area (Å²) in [7, 11) is 0. The molecule has 0 radical (unpaired) electrons. The topological polar surface area (TPSA) is 74.7 Å². The van der Waals surface area contributed by atoms with Crippen LogP contribution in [0, 0.1) is 17.3 Å². The molecule has 1 N–H and O–H groups in total. The second-order valence-electron chi connectivity index (χ2n) is 10.7. The van der Waals surface area contributed by atoms with E-state index >= 15 is 0 Å². The van der Waals surface area contributed by atoms with Gasteiger partial charge in [0.15, 0.2) is 0 Å². The zero-order chi connectivity index (χ0) is 24.1. The fourth-order valence-electron chi connectivity index (χ4n) is 5.99. The van der Waals surface area contributed by atoms with E-state index in [-0.39, 0.29) is 11.8 Å². The summed E-state index contributed by atoms with van der Waals surface area (Å²) in [6, 6.07) is 10.2. The minimum Gasteiger partial charge on any atom is -0.479 e. The molecule has 0 aromatic heterocycles. The summed E-state index contributed by atoms with van der Waals surface area (Å²) in [5, 5.41) is 10.7. The third-order valence-corrected chi connectivity index (χ3v) is 8.40. The average molecular weight is 456 g/mol. The molecule has 182 valence electrons. The minimum absolute atomic E-state index is 0.155. The highest BCUT2D eigenvalue weighted by molar-refractivity contribution is 6.38. The minimum atomic E-state index is -1.30. The lowest BCUT2D eigenvalue weighted by Gasteiger charge is -2.51. The number of hydrogen-bond donors (Lipinski definition) is 1. The number of carbonyl (C=O) groups is 3. The van der Waals surface area contributed by atoms with Gasteiger partial charge in [-0.25, -0.2) is 4.79 Å². The SMILES string of the molecule is CCC(C)(C)C(=O)C(=O)N1CCCC[C@@]1(C(=O)O)[C@H](CCc1ccccc1)C1CCCCC1. The monoisotopic (exact) mass is 455 g/mol. The van der Waals surface area contributed by atoms with Crippen LogP contribution >= 0.6 is 0 Å². The zero-order valence-corrected chi connectivity index (χ0v) is 20.6. The van der Waals surface area contributed by atoms with Crippen molar-refractivity contribution in [3.63, 3.8) is 0 Å². The van der Waals surface area contributed by atoms with E-state index in [1.807, 2.05) is 25.1 Å². The molecule has 1 aromatic carbocycles. The van der Waals surface area contributed by atoms with Gasteiger partial charge < -0.3 is 10.0 Å². The van der Waals surface area contributed by atoms with Crippen LogP contribution < -0.4 is 0 Å². The summed E-state index contributed by atoms with van der Waals surface area (Å²) in [5.74, 6) is -1.87. The van der Waals surface area contributed by atoms with Crippen molar-refractivity contribution in [2.75, 3.05) is 6.54 Å². The Hall–Kier alpha value is -2.17. The Morgan fingerprint density at radius 1 is 1.06 bits per heavy atom. The molecule has 2 atom stereocenters. The third-order valence-electron chi connectivity index (χ3n) is 8.40. The van der Waals surface area contributed by atoms with Crippen LogP contribution in [0.5, 0.6) is 0 Å². The first-order valence-electron chi connectivity index (χ1n) is 12.9. The van der Waals surface area contributed by atoms with Crippen LogP contribution in [-0.4, -0.2) is 39.7 Å². The number of rotatable bonds is 9. The van der Waals surface area contributed by atoms with E-state index in [4.69, 9.17) is 0 Å². The van der Waals surface area contributed by atoms with Crippen molar-refractivity contribution in [1.82, 2.24) is 4.90 Å². The maximum atomic E-state index is 13.6. The Morgan fingerprint density at radius 3 is 2.33 bits per heavy atom. The number of carbonyl (C=O) groups excluding carboxylic acids is 2. The normalized spacial score (nSPS) is 23.2. The molecule has 2 fully saturated rings. The first-order valence-corrected chi connectivity index (χ1v) is 12.9. The lowest BCUT2D eigenvalue weighted by Crippen LogP contribution is -2.66. The van der Waals surface area contributed by atoms with E-state index in [0.717, 1.165) is 51.4 Å². The summed E-state index contributed by atoms with van der Waals surface area (Å²) in [5.41, 5.74) is -0.898. The Morgan fingerprint density at radius 2 is 1.73 bits per heavy atom. The molecule has 0 bridgehead atoms. The van der Waals surface area contributed by atoms with E-state index in [2.05, 4.69) is 12.1 Å². The fourth-order valence-corrected chi connectivity index (χ4v) is 5.99. The van der Waals surface area contributed by atoms with Crippen molar-refractivity contribution in [3.05, 3.63) is 35.9 Å². The van der Waals surface area contributed by atoms with E-state index < -0.39 is 28.6 Å². The Bertz CT molecular complexity index is 828. The van der Waals surface area contributed by atoms with Gasteiger partial charge in [0.25, 0.3) is 5.91 Å². The van der Waals surface area contributed by atoms with Gasteiger partial charge in [0, 0.05) is 12.0 Å². The number of ketones is 1. The molecule has 3 rings (SSSR count). The molecule has 1 aliphatic carbocycles. The smallest absolute Gasteiger partial charge is 0.329 e. The van der Waals surface area contributed by atoms with Gasteiger partial charge in [0.2, 0.25) is 5.78 Å². The number of aliphatic carboxylic acids is 1. The number of benzene rings is 1. The van der Waals surface area contributed by atoms with Crippen LogP contribution in [0.25, 0.3) is 0 Å². The van der Waals surface area contributed by atoms with Gasteiger partial charge in [0.1, 0.15) is 5.54 Å². The van der Waals surface area contributed by atoms with Crippen molar-refractivity contribution in [2.24, 2.45) is 17.3 Å². The van der Waals surface area contributed by atoms with Gasteiger partial charge in [-0.15, -0.1) is 0 Å². The van der Waals surface area contributed by atoms with Gasteiger partial charge in [-0.2, -0.15) is 0 Å². The summed E-state index contributed by atoms with van der Waals surface area (Å²) in [4.78, 5) is 41.4. The lowest BCUT2D eigenvalue weighted by molar-refractivity contribution is -0.173. The number of carboxylic acids is 1. The molecular formula is C28H41NO4. The van der Waals surface area contributed by atoms with Crippen molar-refractivity contribution >= 4 is 17.7 Å². The van der Waals surface area contributed by atoms with Crippen molar-refractivity contribution in [3.8, 4) is 0 Å². The Kier molecular flexibility index (Phi) is 8.36. The average Bonchev–Trinajstić information content (AvgIpc) is 2.84. The standard InChI is InChI=1S/C28H41NO4/c1-4-27(2,3)24(30)25(31)29-20-12-11-19-28(29,26(32)33)23(22-15-9-6-10-16-22)18-17-21-13-7-5-8-14-21/h5,7-8,13-14,22-23H,4,6,9-12,15-20H2,1-3H3,(H,32,33)/t23-,28+/m1/s1. The fraction of sp³-hybridized carbons (Fsp3) is 0.679. The number of hydrogen-bond acceptors (Lipinski definition) is 3. The summed E-state index contributed by atoms with van der Waals surface area (Å²) in [6.07, 6.45) is 9.42. The number of piperidine rings is 1. The predicted molar refractivity (Wildman–Crippen MR) is 130 cm³/mol. The van der Waals surface area contributed by atoms with Crippen molar-refractivity contribution < 1.29 is 19.5 Å². The molecule has 1 heterocycles. The van der Waals surface area contributed by atoms with E-state index in [1.54, 1.807) is 13.8 Å². The molecule has 0 spiro atoms. The molecule has 33 heavy (non-hydrogen) atoms. The van der Waals surface area contributed by atoms with E-state index in [0.29, 0.717) is 19.4 Å². The number of Topliss-reactive ketones (excluding diaryl/α,β-unsaturated/α-hetero) is 1. The molecule has 2 aliphatic rings. The number of amides is 1. The van der Waals surface area contributed by atoms with Gasteiger partial charge in [0.05, 0.1) is 0 Å². The first-order chi connectivity index (χ1) is 15.7. The van der Waals surface area contributed by atoms with Gasteiger partial charge in [-0.1, -0.05) is 83.2 Å². The van der Waals surface area contributed by atoms with E-state index in [9.17, 15) is 19.5 Å². The van der Waals surface area contributed by atoms with Crippen LogP contribution in [0.3, 0.4) is 0 Å².